The normalized spacial score (nSPS) is 10.2. The van der Waals surface area contributed by atoms with Crippen molar-refractivity contribution in [3.05, 3.63) is 59.3 Å². The number of thiophene rings is 2. The highest BCUT2D eigenvalue weighted by atomic mass is 32.2. The van der Waals surface area contributed by atoms with Crippen LogP contribution in [0.5, 0.6) is 0 Å². The van der Waals surface area contributed by atoms with Gasteiger partial charge in [-0.2, -0.15) is 0 Å². The Bertz CT molecular complexity index is 683. The van der Waals surface area contributed by atoms with Gasteiger partial charge in [-0.1, -0.05) is 24.9 Å². The highest BCUT2D eigenvalue weighted by Crippen LogP contribution is 2.36. The summed E-state index contributed by atoms with van der Waals surface area (Å²) in [4.78, 5) is 22.0. The minimum Gasteiger partial charge on any atom is -0.462 e. The molecule has 0 spiro atoms. The van der Waals surface area contributed by atoms with Gasteiger partial charge in [-0.3, -0.25) is 0 Å². The van der Waals surface area contributed by atoms with Crippen LogP contribution in [-0.4, -0.2) is 25.2 Å². The van der Waals surface area contributed by atoms with Crippen molar-refractivity contribution < 1.29 is 19.1 Å². The Morgan fingerprint density at radius 2 is 1.36 bits per heavy atom. The van der Waals surface area contributed by atoms with Gasteiger partial charge < -0.3 is 9.47 Å². The van der Waals surface area contributed by atoms with E-state index in [1.807, 2.05) is 0 Å². The average molecular weight is 395 g/mol. The molecule has 2 aromatic heterocycles. The first kappa shape index (κ1) is 19.5. The highest BCUT2D eigenvalue weighted by Gasteiger charge is 2.07. The predicted molar refractivity (Wildman–Crippen MR) is 102 cm³/mol. The van der Waals surface area contributed by atoms with E-state index >= 15 is 0 Å². The van der Waals surface area contributed by atoms with Crippen molar-refractivity contribution in [2.24, 2.45) is 0 Å². The molecule has 0 aliphatic carbocycles. The zero-order valence-electron chi connectivity index (χ0n) is 13.6. The molecule has 0 aliphatic heterocycles. The molecular weight excluding hydrogens is 376 g/mol. The second-order valence-corrected chi connectivity index (χ2v) is 8.32. The summed E-state index contributed by atoms with van der Waals surface area (Å²) in [6.07, 6.45) is 3.73. The molecule has 4 nitrogen and oxygen atoms in total. The first-order valence-corrected chi connectivity index (χ1v) is 10.1. The van der Waals surface area contributed by atoms with Crippen LogP contribution in [0.15, 0.2) is 56.6 Å². The fourth-order valence-electron chi connectivity index (χ4n) is 1.83. The maximum absolute atomic E-state index is 11.0. The molecule has 0 radical (unpaired) electrons. The third-order valence-electron chi connectivity index (χ3n) is 3.06. The molecule has 0 N–H and O–H groups in total. The Kier molecular flexibility index (Phi) is 7.97. The first-order chi connectivity index (χ1) is 12.1. The van der Waals surface area contributed by atoms with E-state index in [-0.39, 0.29) is 0 Å². The Hall–Kier alpha value is -1.83. The number of rotatable bonds is 10. The van der Waals surface area contributed by atoms with Crippen LogP contribution < -0.4 is 0 Å². The van der Waals surface area contributed by atoms with Gasteiger partial charge in [-0.15, -0.1) is 22.7 Å². The average Bonchev–Trinajstić information content (AvgIpc) is 3.24. The third kappa shape index (κ3) is 6.89. The van der Waals surface area contributed by atoms with E-state index in [0.29, 0.717) is 26.1 Å². The molecule has 0 bridgehead atoms. The summed E-state index contributed by atoms with van der Waals surface area (Å²) < 4.78 is 12.4. The van der Waals surface area contributed by atoms with Crippen LogP contribution in [0.1, 0.15) is 11.1 Å². The van der Waals surface area contributed by atoms with Crippen LogP contribution in [0.4, 0.5) is 0 Å². The lowest BCUT2D eigenvalue weighted by Crippen LogP contribution is -2.03. The summed E-state index contributed by atoms with van der Waals surface area (Å²) in [5, 5.41) is 4.15. The van der Waals surface area contributed by atoms with Gasteiger partial charge >= 0.3 is 11.9 Å². The van der Waals surface area contributed by atoms with Gasteiger partial charge in [-0.25, -0.2) is 9.59 Å². The quantitative estimate of drug-likeness (QED) is 0.438. The van der Waals surface area contributed by atoms with Crippen LogP contribution >= 0.6 is 34.4 Å². The molecule has 0 aliphatic rings. The fourth-order valence-corrected chi connectivity index (χ4v) is 5.17. The molecule has 2 aromatic rings. The molecule has 0 saturated carbocycles. The summed E-state index contributed by atoms with van der Waals surface area (Å²) in [5.41, 5.74) is 2.30. The zero-order chi connectivity index (χ0) is 18.1. The molecular formula is C18H18O4S3. The number of ether oxygens (including phenoxy) is 2. The summed E-state index contributed by atoms with van der Waals surface area (Å²) in [6, 6.07) is 4.23. The number of carbonyl (C=O) groups is 2. The van der Waals surface area contributed by atoms with Crippen LogP contribution in [0, 0.1) is 0 Å². The van der Waals surface area contributed by atoms with E-state index in [1.165, 1.54) is 20.6 Å². The van der Waals surface area contributed by atoms with Gasteiger partial charge in [0.15, 0.2) is 0 Å². The number of hydrogen-bond donors (Lipinski definition) is 0. The van der Waals surface area contributed by atoms with Crippen molar-refractivity contribution in [2.75, 3.05) is 13.2 Å². The van der Waals surface area contributed by atoms with Crippen molar-refractivity contribution >= 4 is 46.4 Å². The minimum atomic E-state index is -0.394. The van der Waals surface area contributed by atoms with Gasteiger partial charge in [0.2, 0.25) is 0 Å². The van der Waals surface area contributed by atoms with E-state index in [9.17, 15) is 9.59 Å². The Labute approximate surface area is 159 Å². The largest absolute Gasteiger partial charge is 0.462 e. The van der Waals surface area contributed by atoms with E-state index in [2.05, 4.69) is 36.1 Å². The lowest BCUT2D eigenvalue weighted by atomic mass is 10.2. The second-order valence-electron chi connectivity index (χ2n) is 4.89. The van der Waals surface area contributed by atoms with Crippen molar-refractivity contribution in [2.45, 2.75) is 21.3 Å². The number of esters is 2. The molecule has 7 heteroatoms. The SMILES string of the molecule is C=CC(=O)OCCc1csc(Sc2cc(CCOC(=O)C=C)cs2)c1. The predicted octanol–water partition coefficient (Wildman–Crippen LogP) is 4.50. The first-order valence-electron chi connectivity index (χ1n) is 7.51. The van der Waals surface area contributed by atoms with Gasteiger partial charge in [0, 0.05) is 25.0 Å². The molecule has 0 aromatic carbocycles. The molecule has 2 heterocycles. The fraction of sp³-hybridized carbons (Fsp3) is 0.222. The third-order valence-corrected chi connectivity index (χ3v) is 6.32. The molecule has 0 saturated heterocycles. The van der Waals surface area contributed by atoms with E-state index in [1.54, 1.807) is 34.4 Å². The van der Waals surface area contributed by atoms with Crippen molar-refractivity contribution in [1.82, 2.24) is 0 Å². The summed E-state index contributed by atoms with van der Waals surface area (Å²) >= 11 is 5.05. The summed E-state index contributed by atoms with van der Waals surface area (Å²) in [6.45, 7) is 7.45. The topological polar surface area (TPSA) is 52.6 Å². The van der Waals surface area contributed by atoms with Gasteiger partial charge in [0.1, 0.15) is 0 Å². The molecule has 0 fully saturated rings. The van der Waals surface area contributed by atoms with Crippen LogP contribution in [0.3, 0.4) is 0 Å². The monoisotopic (exact) mass is 394 g/mol. The minimum absolute atomic E-state index is 0.359. The lowest BCUT2D eigenvalue weighted by molar-refractivity contribution is -0.138. The van der Waals surface area contributed by atoms with Crippen LogP contribution in [-0.2, 0) is 31.9 Å². The van der Waals surface area contributed by atoms with Crippen molar-refractivity contribution in [3.63, 3.8) is 0 Å². The smallest absolute Gasteiger partial charge is 0.330 e. The molecule has 2 rings (SSSR count). The van der Waals surface area contributed by atoms with E-state index < -0.39 is 11.9 Å². The number of carbonyl (C=O) groups excluding carboxylic acids is 2. The van der Waals surface area contributed by atoms with Crippen LogP contribution in [0.2, 0.25) is 0 Å². The maximum Gasteiger partial charge on any atom is 0.330 e. The summed E-state index contributed by atoms with van der Waals surface area (Å²) in [5.74, 6) is -0.788. The van der Waals surface area contributed by atoms with Crippen LogP contribution in [0.25, 0.3) is 0 Å². The Morgan fingerprint density at radius 3 is 1.76 bits per heavy atom. The maximum atomic E-state index is 11.0. The lowest BCUT2D eigenvalue weighted by Gasteiger charge is -1.99. The standard InChI is InChI=1S/C18H18O4S3/c1-3-15(19)21-7-5-13-9-17(23-11-13)25-18-10-14(12-24-18)6-8-22-16(20)4-2/h3-4,9-12H,1-2,5-8H2. The molecule has 0 amide bonds. The van der Waals surface area contributed by atoms with Gasteiger partial charge in [0.05, 0.1) is 21.6 Å². The zero-order valence-corrected chi connectivity index (χ0v) is 16.0. The highest BCUT2D eigenvalue weighted by molar-refractivity contribution is 8.02. The molecule has 25 heavy (non-hydrogen) atoms. The molecule has 0 unspecified atom stereocenters. The molecule has 132 valence electrons. The number of hydrogen-bond acceptors (Lipinski definition) is 7. The van der Waals surface area contributed by atoms with Gasteiger partial charge in [-0.05, 0) is 34.0 Å². The van der Waals surface area contributed by atoms with Gasteiger partial charge in [0.25, 0.3) is 0 Å². The van der Waals surface area contributed by atoms with E-state index in [4.69, 9.17) is 9.47 Å². The molecule has 0 atom stereocenters. The summed E-state index contributed by atoms with van der Waals surface area (Å²) in [7, 11) is 0. The van der Waals surface area contributed by atoms with Crippen molar-refractivity contribution in [1.29, 1.82) is 0 Å². The Morgan fingerprint density at radius 1 is 0.920 bits per heavy atom. The second kappa shape index (κ2) is 10.2. The van der Waals surface area contributed by atoms with E-state index in [0.717, 1.165) is 11.1 Å². The van der Waals surface area contributed by atoms with Crippen molar-refractivity contribution in [3.8, 4) is 0 Å². The Balaban J connectivity index is 1.78.